The minimum absolute atomic E-state index is 0.0783. The molecule has 0 fully saturated rings. The second-order valence-electron chi connectivity index (χ2n) is 4.83. The van der Waals surface area contributed by atoms with E-state index >= 15 is 0 Å². The van der Waals surface area contributed by atoms with E-state index in [1.807, 2.05) is 55.5 Å². The van der Waals surface area contributed by atoms with Gasteiger partial charge in [0.2, 0.25) is 5.91 Å². The van der Waals surface area contributed by atoms with Crippen LogP contribution in [0.5, 0.6) is 5.75 Å². The highest BCUT2D eigenvalue weighted by Crippen LogP contribution is 2.23. The molecule has 0 saturated heterocycles. The van der Waals surface area contributed by atoms with Crippen molar-refractivity contribution in [2.75, 3.05) is 7.11 Å². The highest BCUT2D eigenvalue weighted by Gasteiger charge is 2.10. The summed E-state index contributed by atoms with van der Waals surface area (Å²) in [5.41, 5.74) is 1.91. The summed E-state index contributed by atoms with van der Waals surface area (Å²) >= 11 is 3.50. The molecule has 0 heterocycles. The molecule has 2 aromatic carbocycles. The second-order valence-corrected chi connectivity index (χ2v) is 5.68. The van der Waals surface area contributed by atoms with Gasteiger partial charge in [-0.2, -0.15) is 0 Å². The topological polar surface area (TPSA) is 38.3 Å². The summed E-state index contributed by atoms with van der Waals surface area (Å²) in [6, 6.07) is 15.3. The fraction of sp³-hybridized carbons (Fsp3) is 0.167. The van der Waals surface area contributed by atoms with Crippen LogP contribution in [0, 0.1) is 0 Å². The number of carbonyl (C=O) groups is 1. The van der Waals surface area contributed by atoms with E-state index < -0.39 is 0 Å². The molecule has 2 aromatic rings. The summed E-state index contributed by atoms with van der Waals surface area (Å²) in [5.74, 6) is 0.597. The Hall–Kier alpha value is -2.07. The number of amides is 1. The van der Waals surface area contributed by atoms with Crippen molar-refractivity contribution in [1.29, 1.82) is 0 Å². The molecule has 0 aliphatic heterocycles. The standard InChI is InChI=1S/C18H18BrNO2/c1-13(15-8-4-5-9-16(15)19)20-18(21)12-11-14-7-3-6-10-17(14)22-2/h3-13H,1-2H3,(H,20,21)/b12-11+/t13-/m1/s1. The third-order valence-electron chi connectivity index (χ3n) is 3.28. The molecule has 22 heavy (non-hydrogen) atoms. The van der Waals surface area contributed by atoms with Crippen molar-refractivity contribution in [3.63, 3.8) is 0 Å². The third kappa shape index (κ3) is 4.21. The molecule has 3 nitrogen and oxygen atoms in total. The van der Waals surface area contributed by atoms with Crippen LogP contribution in [0.3, 0.4) is 0 Å². The Morgan fingerprint density at radius 3 is 2.59 bits per heavy atom. The maximum Gasteiger partial charge on any atom is 0.244 e. The van der Waals surface area contributed by atoms with Gasteiger partial charge in [0.15, 0.2) is 0 Å². The average Bonchev–Trinajstić information content (AvgIpc) is 2.53. The zero-order valence-electron chi connectivity index (χ0n) is 12.5. The molecule has 1 N–H and O–H groups in total. The van der Waals surface area contributed by atoms with Crippen molar-refractivity contribution in [3.05, 3.63) is 70.2 Å². The molecule has 0 spiro atoms. The van der Waals surface area contributed by atoms with Crippen LogP contribution in [0.1, 0.15) is 24.1 Å². The highest BCUT2D eigenvalue weighted by atomic mass is 79.9. The molecule has 0 radical (unpaired) electrons. The quantitative estimate of drug-likeness (QED) is 0.806. The summed E-state index contributed by atoms with van der Waals surface area (Å²) in [6.07, 6.45) is 3.27. The highest BCUT2D eigenvalue weighted by molar-refractivity contribution is 9.10. The van der Waals surface area contributed by atoms with Gasteiger partial charge in [-0.25, -0.2) is 0 Å². The Kier molecular flexibility index (Phi) is 5.78. The van der Waals surface area contributed by atoms with E-state index in [0.29, 0.717) is 0 Å². The van der Waals surface area contributed by atoms with Crippen molar-refractivity contribution < 1.29 is 9.53 Å². The number of carbonyl (C=O) groups excluding carboxylic acids is 1. The van der Waals surface area contributed by atoms with Crippen molar-refractivity contribution in [1.82, 2.24) is 5.32 Å². The van der Waals surface area contributed by atoms with Crippen LogP contribution in [-0.4, -0.2) is 13.0 Å². The largest absolute Gasteiger partial charge is 0.496 e. The van der Waals surface area contributed by atoms with Crippen LogP contribution in [0.15, 0.2) is 59.1 Å². The lowest BCUT2D eigenvalue weighted by Crippen LogP contribution is -2.24. The smallest absolute Gasteiger partial charge is 0.244 e. The lowest BCUT2D eigenvalue weighted by molar-refractivity contribution is -0.117. The number of rotatable bonds is 5. The Morgan fingerprint density at radius 1 is 1.18 bits per heavy atom. The molecular formula is C18H18BrNO2. The Morgan fingerprint density at radius 2 is 1.86 bits per heavy atom. The molecule has 2 rings (SSSR count). The van der Waals surface area contributed by atoms with Gasteiger partial charge in [-0.3, -0.25) is 4.79 Å². The fourth-order valence-electron chi connectivity index (χ4n) is 2.14. The van der Waals surface area contributed by atoms with Gasteiger partial charge in [0.25, 0.3) is 0 Å². The monoisotopic (exact) mass is 359 g/mol. The van der Waals surface area contributed by atoms with Gasteiger partial charge in [-0.05, 0) is 30.7 Å². The predicted molar refractivity (Wildman–Crippen MR) is 92.7 cm³/mol. The first-order valence-corrected chi connectivity index (χ1v) is 7.77. The van der Waals surface area contributed by atoms with E-state index in [0.717, 1.165) is 21.3 Å². The zero-order chi connectivity index (χ0) is 15.9. The van der Waals surface area contributed by atoms with Crippen LogP contribution in [0.2, 0.25) is 0 Å². The van der Waals surface area contributed by atoms with Crippen molar-refractivity contribution in [2.24, 2.45) is 0 Å². The van der Waals surface area contributed by atoms with Crippen LogP contribution >= 0.6 is 15.9 Å². The first kappa shape index (κ1) is 16.3. The number of para-hydroxylation sites is 1. The Bertz CT molecular complexity index is 682. The fourth-order valence-corrected chi connectivity index (χ4v) is 2.76. The van der Waals surface area contributed by atoms with E-state index in [1.54, 1.807) is 13.2 Å². The number of methoxy groups -OCH3 is 1. The minimum Gasteiger partial charge on any atom is -0.496 e. The van der Waals surface area contributed by atoms with Crippen molar-refractivity contribution in [2.45, 2.75) is 13.0 Å². The third-order valence-corrected chi connectivity index (χ3v) is 4.01. The maximum absolute atomic E-state index is 12.1. The molecule has 4 heteroatoms. The molecule has 114 valence electrons. The SMILES string of the molecule is COc1ccccc1/C=C/C(=O)N[C@H](C)c1ccccc1Br. The summed E-state index contributed by atoms with van der Waals surface area (Å²) in [6.45, 7) is 1.95. The second kappa shape index (κ2) is 7.80. The van der Waals surface area contributed by atoms with Crippen molar-refractivity contribution >= 4 is 27.9 Å². The van der Waals surface area contributed by atoms with Crippen molar-refractivity contribution in [3.8, 4) is 5.75 Å². The lowest BCUT2D eigenvalue weighted by atomic mass is 10.1. The lowest BCUT2D eigenvalue weighted by Gasteiger charge is -2.14. The van der Waals surface area contributed by atoms with E-state index in [-0.39, 0.29) is 11.9 Å². The molecule has 0 bridgehead atoms. The summed E-state index contributed by atoms with van der Waals surface area (Å²) in [4.78, 5) is 12.1. The Balaban J connectivity index is 2.04. The van der Waals surface area contributed by atoms with Gasteiger partial charge in [-0.15, -0.1) is 0 Å². The van der Waals surface area contributed by atoms with E-state index in [2.05, 4.69) is 21.2 Å². The molecule has 0 unspecified atom stereocenters. The minimum atomic E-state index is -0.144. The molecule has 1 atom stereocenters. The molecule has 1 amide bonds. The first-order chi connectivity index (χ1) is 10.6. The first-order valence-electron chi connectivity index (χ1n) is 6.98. The number of ether oxygens (including phenoxy) is 1. The molecule has 0 aromatic heterocycles. The predicted octanol–water partition coefficient (Wildman–Crippen LogP) is 4.35. The zero-order valence-corrected chi connectivity index (χ0v) is 14.1. The van der Waals surface area contributed by atoms with Crippen LogP contribution in [0.25, 0.3) is 6.08 Å². The molecule has 0 aliphatic carbocycles. The summed E-state index contributed by atoms with van der Waals surface area (Å²) < 4.78 is 6.24. The van der Waals surface area contributed by atoms with Gasteiger partial charge in [0.05, 0.1) is 13.2 Å². The normalized spacial score (nSPS) is 12.1. The van der Waals surface area contributed by atoms with Crippen LogP contribution < -0.4 is 10.1 Å². The van der Waals surface area contributed by atoms with Gasteiger partial charge in [-0.1, -0.05) is 52.3 Å². The summed E-state index contributed by atoms with van der Waals surface area (Å²) in [7, 11) is 1.61. The number of hydrogen-bond acceptors (Lipinski definition) is 2. The molecule has 0 aliphatic rings. The maximum atomic E-state index is 12.1. The van der Waals surface area contributed by atoms with E-state index in [4.69, 9.17) is 4.74 Å². The number of halogens is 1. The molecular weight excluding hydrogens is 342 g/mol. The van der Waals surface area contributed by atoms with Crippen LogP contribution in [-0.2, 0) is 4.79 Å². The van der Waals surface area contributed by atoms with E-state index in [9.17, 15) is 4.79 Å². The number of nitrogens with one attached hydrogen (secondary N) is 1. The summed E-state index contributed by atoms with van der Waals surface area (Å²) in [5, 5.41) is 2.95. The van der Waals surface area contributed by atoms with E-state index in [1.165, 1.54) is 6.08 Å². The van der Waals surface area contributed by atoms with Gasteiger partial charge < -0.3 is 10.1 Å². The number of benzene rings is 2. The van der Waals surface area contributed by atoms with Gasteiger partial charge in [0.1, 0.15) is 5.75 Å². The van der Waals surface area contributed by atoms with Gasteiger partial charge in [0, 0.05) is 16.1 Å². The Labute approximate surface area is 139 Å². The molecule has 0 saturated carbocycles. The van der Waals surface area contributed by atoms with Crippen LogP contribution in [0.4, 0.5) is 0 Å². The average molecular weight is 360 g/mol. The number of hydrogen-bond donors (Lipinski definition) is 1. The van der Waals surface area contributed by atoms with Gasteiger partial charge >= 0.3 is 0 Å².